The van der Waals surface area contributed by atoms with Crippen LogP contribution in [-0.2, 0) is 23.8 Å². The first-order chi connectivity index (χ1) is 19.3. The summed E-state index contributed by atoms with van der Waals surface area (Å²) in [5.74, 6) is -1.09. The summed E-state index contributed by atoms with van der Waals surface area (Å²) in [4.78, 5) is 37.0. The van der Waals surface area contributed by atoms with Crippen LogP contribution in [-0.4, -0.2) is 62.4 Å². The van der Waals surface area contributed by atoms with Gasteiger partial charge in [0, 0.05) is 29.7 Å². The van der Waals surface area contributed by atoms with Gasteiger partial charge in [0.05, 0.1) is 55.2 Å². The molecule has 2 heterocycles. The van der Waals surface area contributed by atoms with Crippen LogP contribution < -0.4 is 16.0 Å². The van der Waals surface area contributed by atoms with Gasteiger partial charge in [-0.2, -0.15) is 4.98 Å². The van der Waals surface area contributed by atoms with Gasteiger partial charge in [-0.1, -0.05) is 41.9 Å². The molecule has 0 saturated heterocycles. The van der Waals surface area contributed by atoms with Gasteiger partial charge in [-0.05, 0) is 37.6 Å². The number of halogens is 1. The molecular weight excluding hydrogens is 534 g/mol. The summed E-state index contributed by atoms with van der Waals surface area (Å²) in [5.41, 5.74) is 8.97. The van der Waals surface area contributed by atoms with Gasteiger partial charge < -0.3 is 30.2 Å². The molecule has 11 heteroatoms. The van der Waals surface area contributed by atoms with Crippen LogP contribution in [0.3, 0.4) is 0 Å². The number of ether oxygens (including phenoxy) is 3. The van der Waals surface area contributed by atoms with Crippen molar-refractivity contribution in [2.75, 3.05) is 51.2 Å². The highest BCUT2D eigenvalue weighted by Gasteiger charge is 2.39. The molecule has 4 rings (SSSR count). The van der Waals surface area contributed by atoms with Gasteiger partial charge in [0.1, 0.15) is 5.82 Å². The third-order valence-electron chi connectivity index (χ3n) is 6.54. The van der Waals surface area contributed by atoms with Crippen molar-refractivity contribution in [2.24, 2.45) is 0 Å². The summed E-state index contributed by atoms with van der Waals surface area (Å²) in [6.07, 6.45) is 0. The first-order valence-corrected chi connectivity index (χ1v) is 13.2. The number of rotatable bonds is 10. The molecule has 40 heavy (non-hydrogen) atoms. The minimum absolute atomic E-state index is 0.0510. The zero-order chi connectivity index (χ0) is 28.8. The highest BCUT2D eigenvalue weighted by Crippen LogP contribution is 2.41. The van der Waals surface area contributed by atoms with Crippen LogP contribution in [0.5, 0.6) is 0 Å². The summed E-state index contributed by atoms with van der Waals surface area (Å²) in [6.45, 7) is 4.41. The Morgan fingerprint density at radius 2 is 1.80 bits per heavy atom. The van der Waals surface area contributed by atoms with Crippen LogP contribution in [0.1, 0.15) is 25.3 Å². The average Bonchev–Trinajstić information content (AvgIpc) is 2.94. The molecule has 0 radical (unpaired) electrons. The molecule has 1 atom stereocenters. The molecule has 0 aliphatic carbocycles. The molecule has 1 aliphatic rings. The summed E-state index contributed by atoms with van der Waals surface area (Å²) in [6, 6.07) is 14.6. The van der Waals surface area contributed by atoms with Gasteiger partial charge in [0.2, 0.25) is 5.95 Å². The van der Waals surface area contributed by atoms with Gasteiger partial charge in [-0.15, -0.1) is 0 Å². The fourth-order valence-electron chi connectivity index (χ4n) is 4.60. The molecule has 1 aliphatic heterocycles. The Balaban J connectivity index is 1.58. The number of anilines is 2. The number of nitrogens with one attached hydrogen (secondary N) is 1. The number of carbonyl (C=O) groups is 2. The number of dihydropyridines is 1. The van der Waals surface area contributed by atoms with Crippen molar-refractivity contribution >= 4 is 46.2 Å². The van der Waals surface area contributed by atoms with Gasteiger partial charge in [-0.3, -0.25) is 0 Å². The van der Waals surface area contributed by atoms with E-state index in [0.717, 1.165) is 10.9 Å². The van der Waals surface area contributed by atoms with Crippen molar-refractivity contribution in [1.82, 2.24) is 15.3 Å². The minimum atomic E-state index is -0.809. The Morgan fingerprint density at radius 3 is 2.52 bits per heavy atom. The molecule has 10 nitrogen and oxygen atoms in total. The van der Waals surface area contributed by atoms with E-state index < -0.39 is 17.9 Å². The van der Waals surface area contributed by atoms with E-state index in [1.807, 2.05) is 36.2 Å². The number of nitrogen functional groups attached to an aromatic ring is 1. The van der Waals surface area contributed by atoms with Gasteiger partial charge in [0.15, 0.2) is 0 Å². The number of likely N-dealkylation sites (N-methyl/N-ethyl adjacent to an activating group) is 1. The standard InChI is InChI=1S/C29H32ClN5O5/c1-5-40-28(37)25-22(32-17(2)23(27(36)38-4)24(25)18-10-6-8-12-20(18)30)16-39-15-14-35(3)29-33-21-13-9-7-11-19(21)26(31)34-29/h6-13,24,32H,5,14-16H2,1-4H3,(H2,31,33,34). The van der Waals surface area contributed by atoms with Crippen LogP contribution >= 0.6 is 11.6 Å². The SMILES string of the molecule is CCOC(=O)C1=C(COCCN(C)c2nc(N)c3ccccc3n2)NC(C)=C(C(=O)OC)C1c1ccccc1Cl. The number of esters is 2. The first kappa shape index (κ1) is 28.8. The molecule has 0 spiro atoms. The Morgan fingerprint density at radius 1 is 1.07 bits per heavy atom. The number of hydrogen-bond donors (Lipinski definition) is 2. The monoisotopic (exact) mass is 565 g/mol. The third-order valence-corrected chi connectivity index (χ3v) is 6.89. The molecule has 2 aromatic carbocycles. The Labute approximate surface area is 237 Å². The minimum Gasteiger partial charge on any atom is -0.466 e. The predicted molar refractivity (Wildman–Crippen MR) is 154 cm³/mol. The number of fused-ring (bicyclic) bond motifs is 1. The van der Waals surface area contributed by atoms with Crippen LogP contribution in [0.4, 0.5) is 11.8 Å². The topological polar surface area (TPSA) is 129 Å². The molecule has 0 amide bonds. The lowest BCUT2D eigenvalue weighted by Gasteiger charge is -2.31. The number of hydrogen-bond acceptors (Lipinski definition) is 10. The summed E-state index contributed by atoms with van der Waals surface area (Å²) in [7, 11) is 3.14. The molecule has 1 aromatic heterocycles. The summed E-state index contributed by atoms with van der Waals surface area (Å²) >= 11 is 6.55. The number of benzene rings is 2. The van der Waals surface area contributed by atoms with Gasteiger partial charge >= 0.3 is 11.9 Å². The zero-order valence-electron chi connectivity index (χ0n) is 22.9. The maximum atomic E-state index is 13.3. The fourth-order valence-corrected chi connectivity index (χ4v) is 4.84. The largest absolute Gasteiger partial charge is 0.466 e. The number of methoxy groups -OCH3 is 1. The van der Waals surface area contributed by atoms with E-state index in [0.29, 0.717) is 40.3 Å². The van der Waals surface area contributed by atoms with Crippen LogP contribution in [0.2, 0.25) is 5.02 Å². The smallest absolute Gasteiger partial charge is 0.336 e. The lowest BCUT2D eigenvalue weighted by molar-refractivity contribution is -0.139. The lowest BCUT2D eigenvalue weighted by atomic mass is 9.80. The predicted octanol–water partition coefficient (Wildman–Crippen LogP) is 3.97. The normalized spacial score (nSPS) is 15.2. The second-order valence-electron chi connectivity index (χ2n) is 9.12. The van der Waals surface area contributed by atoms with Crippen LogP contribution in [0.15, 0.2) is 71.1 Å². The maximum absolute atomic E-state index is 13.3. The molecule has 3 aromatic rings. The van der Waals surface area contributed by atoms with Gasteiger partial charge in [-0.25, -0.2) is 14.6 Å². The number of aromatic nitrogens is 2. The van der Waals surface area contributed by atoms with Crippen molar-refractivity contribution < 1.29 is 23.8 Å². The van der Waals surface area contributed by atoms with E-state index in [2.05, 4.69) is 15.3 Å². The Hall–Kier alpha value is -4.15. The van der Waals surface area contributed by atoms with Gasteiger partial charge in [0.25, 0.3) is 0 Å². The second-order valence-corrected chi connectivity index (χ2v) is 9.53. The average molecular weight is 566 g/mol. The highest BCUT2D eigenvalue weighted by atomic mass is 35.5. The zero-order valence-corrected chi connectivity index (χ0v) is 23.6. The number of carbonyl (C=O) groups excluding carboxylic acids is 2. The van der Waals surface area contributed by atoms with Crippen molar-refractivity contribution in [1.29, 1.82) is 0 Å². The molecule has 0 fully saturated rings. The van der Waals surface area contributed by atoms with E-state index in [-0.39, 0.29) is 31.0 Å². The van der Waals surface area contributed by atoms with Crippen molar-refractivity contribution in [3.05, 3.63) is 81.7 Å². The summed E-state index contributed by atoms with van der Waals surface area (Å²) < 4.78 is 16.5. The molecule has 0 bridgehead atoms. The Kier molecular flexibility index (Phi) is 9.23. The number of allylic oxidation sites excluding steroid dienone is 1. The molecule has 1 unspecified atom stereocenters. The van der Waals surface area contributed by atoms with E-state index in [4.69, 9.17) is 31.5 Å². The molecule has 210 valence electrons. The quantitative estimate of drug-likeness (QED) is 0.275. The van der Waals surface area contributed by atoms with E-state index in [1.54, 1.807) is 38.1 Å². The second kappa shape index (κ2) is 12.8. The number of para-hydroxylation sites is 1. The number of nitrogens with zero attached hydrogens (tertiary/aromatic N) is 3. The molecular formula is C29H32ClN5O5. The maximum Gasteiger partial charge on any atom is 0.336 e. The van der Waals surface area contributed by atoms with E-state index in [9.17, 15) is 9.59 Å². The third kappa shape index (κ3) is 6.03. The van der Waals surface area contributed by atoms with E-state index in [1.165, 1.54) is 7.11 Å². The Bertz CT molecular complexity index is 1490. The molecule has 3 N–H and O–H groups in total. The number of nitrogens with two attached hydrogens (primary N) is 1. The highest BCUT2D eigenvalue weighted by molar-refractivity contribution is 6.31. The molecule has 0 saturated carbocycles. The van der Waals surface area contributed by atoms with Crippen LogP contribution in [0, 0.1) is 0 Å². The summed E-state index contributed by atoms with van der Waals surface area (Å²) in [5, 5.41) is 4.37. The van der Waals surface area contributed by atoms with Crippen molar-refractivity contribution in [3.63, 3.8) is 0 Å². The lowest BCUT2D eigenvalue weighted by Crippen LogP contribution is -2.35. The van der Waals surface area contributed by atoms with Crippen LogP contribution in [0.25, 0.3) is 10.9 Å². The van der Waals surface area contributed by atoms with Crippen molar-refractivity contribution in [2.45, 2.75) is 19.8 Å². The first-order valence-electron chi connectivity index (χ1n) is 12.8. The van der Waals surface area contributed by atoms with E-state index >= 15 is 0 Å². The van der Waals surface area contributed by atoms with Crippen molar-refractivity contribution in [3.8, 4) is 0 Å². The fraction of sp³-hybridized carbons (Fsp3) is 0.310.